The fourth-order valence-corrected chi connectivity index (χ4v) is 16.6. The van der Waals surface area contributed by atoms with Crippen molar-refractivity contribution in [3.05, 3.63) is 11.6 Å². The van der Waals surface area contributed by atoms with E-state index in [0.717, 1.165) is 43.1 Å². The summed E-state index contributed by atoms with van der Waals surface area (Å²) in [5.74, 6) is 4.27. The molecular formula is C33H58O2Si. The Morgan fingerprint density at radius 3 is 2.08 bits per heavy atom. The predicted molar refractivity (Wildman–Crippen MR) is 156 cm³/mol. The Morgan fingerprint density at radius 1 is 0.889 bits per heavy atom. The van der Waals surface area contributed by atoms with Crippen molar-refractivity contribution >= 4 is 14.1 Å². The molecular weight excluding hydrogens is 456 g/mol. The molecule has 0 aliphatic heterocycles. The number of carbonyl (C=O) groups excluding carboxylic acids is 1. The number of Topliss-reactive ketones (excluding diaryl/α,β-unsaturated/α-hetero) is 1. The fraction of sp³-hybridized carbons (Fsp3) is 0.909. The van der Waals surface area contributed by atoms with Gasteiger partial charge in [0.15, 0.2) is 8.32 Å². The zero-order valence-corrected chi connectivity index (χ0v) is 26.7. The molecule has 206 valence electrons. The number of hydrogen-bond donors (Lipinski definition) is 0. The zero-order chi connectivity index (χ0) is 26.8. The standard InChI is InChI=1S/C33H58O2Si/c1-21(2)36(22(3)4,23(5)6)35-20-24(7)26-13-14-27-25-12-15-29-31(8,9)30(34)17-19-33(29,11)28(25)16-18-32(26,27)10/h15,21-28H,12-14,16-20H2,1-11H3. The summed E-state index contributed by atoms with van der Waals surface area (Å²) in [6.45, 7) is 27.6. The SMILES string of the molecule is CC(CO[Si](C(C)C)(C(C)C)C(C)C)C1CCC2C3CC=C4C(C)(C)C(=O)CCC4(C)C3CCC12C. The van der Waals surface area contributed by atoms with Crippen LogP contribution in [0.1, 0.15) is 121 Å². The normalized spacial score (nSPS) is 39.2. The molecule has 36 heavy (non-hydrogen) atoms. The molecule has 0 heterocycles. The monoisotopic (exact) mass is 514 g/mol. The van der Waals surface area contributed by atoms with Crippen LogP contribution in [0.5, 0.6) is 0 Å². The Labute approximate surface area is 224 Å². The number of hydrogen-bond acceptors (Lipinski definition) is 2. The van der Waals surface area contributed by atoms with E-state index in [1.807, 2.05) is 0 Å². The van der Waals surface area contributed by atoms with E-state index in [1.54, 1.807) is 0 Å². The Morgan fingerprint density at radius 2 is 1.50 bits per heavy atom. The van der Waals surface area contributed by atoms with Gasteiger partial charge in [0.25, 0.3) is 0 Å². The number of fused-ring (bicyclic) bond motifs is 5. The third-order valence-corrected chi connectivity index (χ3v) is 18.9. The lowest BCUT2D eigenvalue weighted by atomic mass is 9.44. The molecule has 0 radical (unpaired) electrons. The highest BCUT2D eigenvalue weighted by molar-refractivity contribution is 6.77. The molecule has 0 saturated heterocycles. The van der Waals surface area contributed by atoms with Gasteiger partial charge in [0.2, 0.25) is 0 Å². The van der Waals surface area contributed by atoms with E-state index in [9.17, 15) is 4.79 Å². The molecule has 7 unspecified atom stereocenters. The number of ketones is 1. The van der Waals surface area contributed by atoms with E-state index in [1.165, 1.54) is 37.7 Å². The van der Waals surface area contributed by atoms with Crippen LogP contribution in [0.15, 0.2) is 11.6 Å². The van der Waals surface area contributed by atoms with Gasteiger partial charge in [-0.05, 0) is 109 Å². The summed E-state index contributed by atoms with van der Waals surface area (Å²) in [4.78, 5) is 12.8. The molecule has 3 fully saturated rings. The molecule has 4 rings (SSSR count). The topological polar surface area (TPSA) is 26.3 Å². The van der Waals surface area contributed by atoms with Crippen LogP contribution < -0.4 is 0 Å². The van der Waals surface area contributed by atoms with E-state index in [0.29, 0.717) is 33.7 Å². The van der Waals surface area contributed by atoms with Gasteiger partial charge < -0.3 is 4.43 Å². The van der Waals surface area contributed by atoms with Crippen LogP contribution in [0.3, 0.4) is 0 Å². The quantitative estimate of drug-likeness (QED) is 0.250. The van der Waals surface area contributed by atoms with Gasteiger partial charge in [-0.1, -0.05) is 74.0 Å². The Hall–Kier alpha value is -0.413. The van der Waals surface area contributed by atoms with Crippen LogP contribution in [0.2, 0.25) is 16.6 Å². The van der Waals surface area contributed by atoms with Gasteiger partial charge in [-0.3, -0.25) is 4.79 Å². The number of carbonyl (C=O) groups is 1. The average Bonchev–Trinajstić information content (AvgIpc) is 3.13. The van der Waals surface area contributed by atoms with Crippen LogP contribution in [0.25, 0.3) is 0 Å². The van der Waals surface area contributed by atoms with Gasteiger partial charge in [-0.25, -0.2) is 0 Å². The van der Waals surface area contributed by atoms with Crippen LogP contribution >= 0.6 is 0 Å². The van der Waals surface area contributed by atoms with Crippen molar-refractivity contribution in [3.63, 3.8) is 0 Å². The third kappa shape index (κ3) is 4.07. The van der Waals surface area contributed by atoms with Crippen LogP contribution in [-0.2, 0) is 9.22 Å². The first-order chi connectivity index (χ1) is 16.6. The van der Waals surface area contributed by atoms with E-state index < -0.39 is 8.32 Å². The molecule has 2 nitrogen and oxygen atoms in total. The van der Waals surface area contributed by atoms with Gasteiger partial charge >= 0.3 is 0 Å². The molecule has 3 heteroatoms. The molecule has 3 saturated carbocycles. The Kier molecular flexibility index (Phi) is 7.66. The first-order valence-corrected chi connectivity index (χ1v) is 17.7. The van der Waals surface area contributed by atoms with Crippen molar-refractivity contribution in [2.45, 2.75) is 138 Å². The van der Waals surface area contributed by atoms with E-state index >= 15 is 0 Å². The van der Waals surface area contributed by atoms with Gasteiger partial charge in [0, 0.05) is 18.4 Å². The number of allylic oxidation sites excluding steroid dienone is 2. The largest absolute Gasteiger partial charge is 0.416 e. The first-order valence-electron chi connectivity index (χ1n) is 15.5. The second-order valence-corrected chi connectivity index (χ2v) is 21.0. The summed E-state index contributed by atoms with van der Waals surface area (Å²) in [5.41, 5.74) is 3.87. The van der Waals surface area contributed by atoms with E-state index in [-0.39, 0.29) is 10.8 Å². The third-order valence-electron chi connectivity index (χ3n) is 12.8. The molecule has 0 amide bonds. The van der Waals surface area contributed by atoms with Crippen molar-refractivity contribution in [2.24, 2.45) is 45.8 Å². The van der Waals surface area contributed by atoms with Gasteiger partial charge in [0.05, 0.1) is 0 Å². The van der Waals surface area contributed by atoms with Crippen LogP contribution in [0.4, 0.5) is 0 Å². The minimum atomic E-state index is -1.82. The highest BCUT2D eigenvalue weighted by atomic mass is 28.4. The second kappa shape index (κ2) is 9.65. The molecule has 0 aromatic heterocycles. The summed E-state index contributed by atoms with van der Waals surface area (Å²) in [6.07, 6.45) is 11.1. The van der Waals surface area contributed by atoms with Crippen molar-refractivity contribution < 1.29 is 9.22 Å². The fourth-order valence-electron chi connectivity index (χ4n) is 11.1. The van der Waals surface area contributed by atoms with Crippen molar-refractivity contribution in [1.29, 1.82) is 0 Å². The lowest BCUT2D eigenvalue weighted by Gasteiger charge is -2.60. The predicted octanol–water partition coefficient (Wildman–Crippen LogP) is 9.60. The molecule has 0 aromatic rings. The molecule has 0 N–H and O–H groups in total. The molecule has 0 bridgehead atoms. The molecule has 4 aliphatic rings. The molecule has 7 atom stereocenters. The molecule has 0 aromatic carbocycles. The average molecular weight is 515 g/mol. The second-order valence-electron chi connectivity index (χ2n) is 15.5. The first kappa shape index (κ1) is 28.6. The smallest absolute Gasteiger partial charge is 0.200 e. The maximum atomic E-state index is 12.8. The van der Waals surface area contributed by atoms with Crippen molar-refractivity contribution in [1.82, 2.24) is 0 Å². The summed E-state index contributed by atoms with van der Waals surface area (Å²) >= 11 is 0. The van der Waals surface area contributed by atoms with Gasteiger partial charge in [-0.2, -0.15) is 0 Å². The lowest BCUT2D eigenvalue weighted by molar-refractivity contribution is -0.132. The van der Waals surface area contributed by atoms with E-state index in [4.69, 9.17) is 4.43 Å². The Bertz CT molecular complexity index is 847. The Balaban J connectivity index is 1.53. The maximum Gasteiger partial charge on any atom is 0.200 e. The van der Waals surface area contributed by atoms with Gasteiger partial charge in [0.1, 0.15) is 5.78 Å². The van der Waals surface area contributed by atoms with Crippen molar-refractivity contribution in [3.8, 4) is 0 Å². The summed E-state index contributed by atoms with van der Waals surface area (Å²) in [5, 5.41) is 0. The maximum absolute atomic E-state index is 12.8. The summed E-state index contributed by atoms with van der Waals surface area (Å²) in [6, 6.07) is 0. The highest BCUT2D eigenvalue weighted by Gasteiger charge is 2.61. The number of rotatable bonds is 7. The highest BCUT2D eigenvalue weighted by Crippen LogP contribution is 2.68. The van der Waals surface area contributed by atoms with Crippen LogP contribution in [-0.4, -0.2) is 20.7 Å². The summed E-state index contributed by atoms with van der Waals surface area (Å²) in [7, 11) is -1.82. The lowest BCUT2D eigenvalue weighted by Crippen LogP contribution is -2.54. The summed E-state index contributed by atoms with van der Waals surface area (Å²) < 4.78 is 7.14. The zero-order valence-electron chi connectivity index (χ0n) is 25.7. The molecule has 4 aliphatic carbocycles. The molecule has 0 spiro atoms. The van der Waals surface area contributed by atoms with E-state index in [2.05, 4.69) is 82.2 Å². The van der Waals surface area contributed by atoms with Gasteiger partial charge in [-0.15, -0.1) is 0 Å². The van der Waals surface area contributed by atoms with Crippen molar-refractivity contribution in [2.75, 3.05) is 6.61 Å². The van der Waals surface area contributed by atoms with Crippen LogP contribution in [0, 0.1) is 45.8 Å². The minimum absolute atomic E-state index is 0.228. The minimum Gasteiger partial charge on any atom is -0.416 e.